The molecule has 0 spiro atoms. The van der Waals surface area contributed by atoms with E-state index in [1.54, 1.807) is 5.32 Å². The first-order chi connectivity index (χ1) is 21.2. The molecule has 0 saturated heterocycles. The molecule has 8 nitrogen and oxygen atoms in total. The fourth-order valence-corrected chi connectivity index (χ4v) is 6.69. The van der Waals surface area contributed by atoms with Crippen molar-refractivity contribution in [3.05, 3.63) is 87.2 Å². The normalized spacial score (nSPS) is 17.3. The average Bonchev–Trinajstić information content (AvgIpc) is 3.50. The molecule has 0 bridgehead atoms. The highest BCUT2D eigenvalue weighted by atomic mass is 35.5. The molecule has 3 amide bonds. The predicted octanol–water partition coefficient (Wildman–Crippen LogP) is 7.10. The molecule has 3 aromatic carbocycles. The number of amides is 3. The van der Waals surface area contributed by atoms with E-state index in [4.69, 9.17) is 46.4 Å². The van der Waals surface area contributed by atoms with E-state index >= 15 is 4.39 Å². The van der Waals surface area contributed by atoms with Crippen LogP contribution in [0, 0.1) is 23.4 Å². The summed E-state index contributed by atoms with van der Waals surface area (Å²) in [6.07, 6.45) is -5.15. The summed E-state index contributed by atoms with van der Waals surface area (Å²) in [5.41, 5.74) is -1.90. The smallest absolute Gasteiger partial charge is 0.326 e. The SMILES string of the molecule is O=C(CS(=O)(=O)CC(F)(F)F)Nc1c(F)ccc(NC(=O)c2cc(NC(=O)[C@H]3[C@H](c4ccc(F)c(Cl)c4)C3(Cl)Cl)ccc2Cl)c1F. The molecule has 1 saturated carbocycles. The molecule has 0 unspecified atom stereocenters. The van der Waals surface area contributed by atoms with E-state index in [1.807, 2.05) is 0 Å². The molecular weight excluding hydrogens is 734 g/mol. The summed E-state index contributed by atoms with van der Waals surface area (Å²) in [7, 11) is -5.03. The van der Waals surface area contributed by atoms with Crippen LogP contribution in [-0.2, 0) is 19.4 Å². The maximum atomic E-state index is 15.1. The van der Waals surface area contributed by atoms with Gasteiger partial charge in [-0.1, -0.05) is 29.3 Å². The van der Waals surface area contributed by atoms with Crippen molar-refractivity contribution in [3.8, 4) is 0 Å². The minimum Gasteiger partial charge on any atom is -0.326 e. The molecule has 1 aliphatic rings. The Balaban J connectivity index is 1.48. The molecule has 1 fully saturated rings. The lowest BCUT2D eigenvalue weighted by Gasteiger charge is -2.14. The van der Waals surface area contributed by atoms with Crippen LogP contribution in [0.4, 0.5) is 43.4 Å². The van der Waals surface area contributed by atoms with Crippen LogP contribution in [0.3, 0.4) is 0 Å². The number of halogens is 10. The topological polar surface area (TPSA) is 121 Å². The van der Waals surface area contributed by atoms with Gasteiger partial charge in [-0.2, -0.15) is 13.2 Å². The first kappa shape index (κ1) is 35.6. The standard InChI is InChI=1S/C27H17Cl4F6N3O5S/c28-14-3-2-12(38-25(43)21-20(27(21,30)31)11-1-4-16(32)15(29)7-11)8-13(14)24(42)39-18-6-5-17(33)23(22(18)34)40-19(41)9-46(44,45)10-26(35,36)37/h1-8,20-21H,9-10H2,(H,38,43)(H,39,42)(H,40,41)/t20-,21+/m0/s1. The minimum absolute atomic E-state index is 0.0130. The molecular formula is C27H17Cl4F6N3O5S. The first-order valence-corrected chi connectivity index (χ1v) is 15.8. The lowest BCUT2D eigenvalue weighted by atomic mass is 10.1. The summed E-state index contributed by atoms with van der Waals surface area (Å²) in [6, 6.07) is 8.68. The number of rotatable bonds is 9. The lowest BCUT2D eigenvalue weighted by molar-refractivity contribution is -0.117. The van der Waals surface area contributed by atoms with E-state index in [1.165, 1.54) is 24.3 Å². The second-order valence-corrected chi connectivity index (χ2v) is 14.2. The van der Waals surface area contributed by atoms with Gasteiger partial charge >= 0.3 is 6.18 Å². The maximum Gasteiger partial charge on any atom is 0.402 e. The predicted molar refractivity (Wildman–Crippen MR) is 160 cm³/mol. The zero-order chi connectivity index (χ0) is 34.4. The van der Waals surface area contributed by atoms with Gasteiger partial charge in [-0.15, -0.1) is 23.2 Å². The van der Waals surface area contributed by atoms with E-state index in [9.17, 15) is 44.8 Å². The van der Waals surface area contributed by atoms with Crippen molar-refractivity contribution in [3.63, 3.8) is 0 Å². The van der Waals surface area contributed by atoms with Crippen LogP contribution in [0.15, 0.2) is 48.5 Å². The van der Waals surface area contributed by atoms with Crippen LogP contribution >= 0.6 is 46.4 Å². The highest BCUT2D eigenvalue weighted by molar-refractivity contribution is 7.92. The Labute approximate surface area is 276 Å². The van der Waals surface area contributed by atoms with Crippen molar-refractivity contribution in [2.75, 3.05) is 27.5 Å². The molecule has 19 heteroatoms. The monoisotopic (exact) mass is 749 g/mol. The van der Waals surface area contributed by atoms with Crippen molar-refractivity contribution in [2.24, 2.45) is 5.92 Å². The Kier molecular flexibility index (Phi) is 10.1. The largest absolute Gasteiger partial charge is 0.402 e. The van der Waals surface area contributed by atoms with Gasteiger partial charge < -0.3 is 16.0 Å². The fourth-order valence-electron chi connectivity index (χ4n) is 4.40. The average molecular weight is 751 g/mol. The van der Waals surface area contributed by atoms with E-state index in [2.05, 4.69) is 10.6 Å². The molecule has 3 aromatic rings. The van der Waals surface area contributed by atoms with Gasteiger partial charge in [0.05, 0.1) is 27.2 Å². The van der Waals surface area contributed by atoms with Gasteiger partial charge in [0.1, 0.15) is 33.2 Å². The number of carbonyl (C=O) groups excluding carboxylic acids is 3. The summed E-state index contributed by atoms with van der Waals surface area (Å²) >= 11 is 24.5. The molecule has 1 aliphatic carbocycles. The van der Waals surface area contributed by atoms with Crippen molar-refractivity contribution in [1.82, 2.24) is 0 Å². The van der Waals surface area contributed by atoms with Crippen LogP contribution in [0.25, 0.3) is 0 Å². The first-order valence-electron chi connectivity index (χ1n) is 12.5. The fraction of sp³-hybridized carbons (Fsp3) is 0.222. The van der Waals surface area contributed by atoms with E-state index in [0.717, 1.165) is 18.2 Å². The molecule has 2 atom stereocenters. The molecule has 0 aromatic heterocycles. The number of alkyl halides is 5. The van der Waals surface area contributed by atoms with Gasteiger partial charge in [0.25, 0.3) is 5.91 Å². The van der Waals surface area contributed by atoms with Crippen molar-refractivity contribution in [2.45, 2.75) is 16.4 Å². The maximum absolute atomic E-state index is 15.1. The molecule has 4 rings (SSSR count). The third kappa shape index (κ3) is 8.18. The number of carbonyl (C=O) groups is 3. The molecule has 0 aliphatic heterocycles. The van der Waals surface area contributed by atoms with Gasteiger partial charge in [-0.25, -0.2) is 21.6 Å². The Bertz CT molecular complexity index is 1860. The Morgan fingerprint density at radius 1 is 0.848 bits per heavy atom. The number of nitrogens with one attached hydrogen (secondary N) is 3. The summed E-state index contributed by atoms with van der Waals surface area (Å²) < 4.78 is 102. The van der Waals surface area contributed by atoms with Crippen LogP contribution in [-0.4, -0.2) is 48.2 Å². The molecule has 246 valence electrons. The zero-order valence-electron chi connectivity index (χ0n) is 22.4. The van der Waals surface area contributed by atoms with Gasteiger partial charge in [-0.05, 0) is 48.0 Å². The van der Waals surface area contributed by atoms with Crippen molar-refractivity contribution < 1.29 is 49.1 Å². The van der Waals surface area contributed by atoms with Gasteiger partial charge in [-0.3, -0.25) is 14.4 Å². The second-order valence-electron chi connectivity index (χ2n) is 9.92. The van der Waals surface area contributed by atoms with Crippen LogP contribution in [0.5, 0.6) is 0 Å². The third-order valence-electron chi connectivity index (χ3n) is 6.46. The van der Waals surface area contributed by atoms with Gasteiger partial charge in [0, 0.05) is 11.6 Å². The molecule has 46 heavy (non-hydrogen) atoms. The summed E-state index contributed by atoms with van der Waals surface area (Å²) in [4.78, 5) is 38.0. The number of anilines is 3. The van der Waals surface area contributed by atoms with Gasteiger partial charge in [0.2, 0.25) is 11.8 Å². The van der Waals surface area contributed by atoms with E-state index in [0.29, 0.717) is 11.6 Å². The second kappa shape index (κ2) is 13.1. The Morgan fingerprint density at radius 3 is 2.13 bits per heavy atom. The van der Waals surface area contributed by atoms with Crippen molar-refractivity contribution >= 4 is 91.0 Å². The molecule has 0 heterocycles. The number of hydrogen-bond acceptors (Lipinski definition) is 5. The number of benzene rings is 3. The lowest BCUT2D eigenvalue weighted by Crippen LogP contribution is -2.31. The van der Waals surface area contributed by atoms with Crippen LogP contribution in [0.1, 0.15) is 21.8 Å². The van der Waals surface area contributed by atoms with Crippen LogP contribution in [0.2, 0.25) is 10.0 Å². The zero-order valence-corrected chi connectivity index (χ0v) is 26.3. The summed E-state index contributed by atoms with van der Waals surface area (Å²) in [5, 5.41) is 5.74. The van der Waals surface area contributed by atoms with Crippen molar-refractivity contribution in [1.29, 1.82) is 0 Å². The van der Waals surface area contributed by atoms with Crippen LogP contribution < -0.4 is 16.0 Å². The molecule has 3 N–H and O–H groups in total. The minimum atomic E-state index is -5.15. The highest BCUT2D eigenvalue weighted by Gasteiger charge is 2.67. The Hall–Kier alpha value is -3.24. The Morgan fingerprint density at radius 2 is 1.50 bits per heavy atom. The highest BCUT2D eigenvalue weighted by Crippen LogP contribution is 2.65. The quantitative estimate of drug-likeness (QED) is 0.159. The number of sulfone groups is 1. The summed E-state index contributed by atoms with van der Waals surface area (Å²) in [6.45, 7) is 0. The van der Waals surface area contributed by atoms with E-state index < -0.39 is 90.2 Å². The van der Waals surface area contributed by atoms with Gasteiger partial charge in [0.15, 0.2) is 15.7 Å². The third-order valence-corrected chi connectivity index (χ3v) is 9.48. The number of hydrogen-bond donors (Lipinski definition) is 3. The molecule has 0 radical (unpaired) electrons. The summed E-state index contributed by atoms with van der Waals surface area (Å²) in [5.74, 6) is -13.0. The van der Waals surface area contributed by atoms with E-state index in [-0.39, 0.29) is 21.3 Å².